The number of esters is 1. The minimum atomic E-state index is -0.492. The molecule has 1 saturated heterocycles. The number of β-amino-alcohol motifs (C(OH)–C–C–N with tert-alkyl or cyclic N) is 1. The van der Waals surface area contributed by atoms with Crippen molar-refractivity contribution in [1.29, 1.82) is 0 Å². The molecule has 1 atom stereocenters. The number of aromatic nitrogens is 1. The number of pyridine rings is 1. The first kappa shape index (κ1) is 12.6. The molecular weight excluding hydrogens is 234 g/mol. The molecule has 1 aliphatic heterocycles. The average Bonchev–Trinajstić information content (AvgIpc) is 2.38. The van der Waals surface area contributed by atoms with Gasteiger partial charge < -0.3 is 20.5 Å². The van der Waals surface area contributed by atoms with Crippen LogP contribution in [0.4, 0.5) is 11.5 Å². The van der Waals surface area contributed by atoms with Crippen molar-refractivity contribution >= 4 is 17.5 Å². The summed E-state index contributed by atoms with van der Waals surface area (Å²) in [7, 11) is 1.31. The Bertz CT molecular complexity index is 450. The number of nitrogens with two attached hydrogens (primary N) is 1. The molecule has 6 heteroatoms. The maximum atomic E-state index is 11.4. The maximum Gasteiger partial charge on any atom is 0.356 e. The van der Waals surface area contributed by atoms with Crippen LogP contribution in [-0.4, -0.2) is 42.4 Å². The zero-order valence-corrected chi connectivity index (χ0v) is 10.3. The molecule has 1 unspecified atom stereocenters. The van der Waals surface area contributed by atoms with E-state index in [0.717, 1.165) is 19.4 Å². The first-order valence-corrected chi connectivity index (χ1v) is 5.89. The summed E-state index contributed by atoms with van der Waals surface area (Å²) in [5.41, 5.74) is 6.59. The van der Waals surface area contributed by atoms with Crippen LogP contribution in [0.2, 0.25) is 0 Å². The number of aliphatic hydroxyl groups excluding tert-OH is 1. The van der Waals surface area contributed by atoms with E-state index in [1.54, 1.807) is 6.07 Å². The molecular formula is C12H17N3O3. The van der Waals surface area contributed by atoms with E-state index in [9.17, 15) is 9.90 Å². The first-order chi connectivity index (χ1) is 8.61. The van der Waals surface area contributed by atoms with E-state index in [2.05, 4.69) is 9.72 Å². The fraction of sp³-hybridized carbons (Fsp3) is 0.500. The summed E-state index contributed by atoms with van der Waals surface area (Å²) in [6, 6.07) is 3.17. The van der Waals surface area contributed by atoms with Crippen molar-refractivity contribution in [2.45, 2.75) is 18.9 Å². The fourth-order valence-electron chi connectivity index (χ4n) is 2.08. The lowest BCUT2D eigenvalue weighted by Gasteiger charge is -2.31. The van der Waals surface area contributed by atoms with E-state index in [0.29, 0.717) is 18.1 Å². The van der Waals surface area contributed by atoms with E-state index in [4.69, 9.17) is 5.73 Å². The quantitative estimate of drug-likeness (QED) is 0.740. The molecule has 6 nitrogen and oxygen atoms in total. The Hall–Kier alpha value is -1.82. The Morgan fingerprint density at radius 3 is 3.06 bits per heavy atom. The number of hydrogen-bond donors (Lipinski definition) is 2. The number of methoxy groups -OCH3 is 1. The normalized spacial score (nSPS) is 19.7. The second-order valence-corrected chi connectivity index (χ2v) is 4.34. The van der Waals surface area contributed by atoms with Crippen molar-refractivity contribution < 1.29 is 14.6 Å². The highest BCUT2D eigenvalue weighted by atomic mass is 16.5. The number of piperidine rings is 1. The zero-order chi connectivity index (χ0) is 13.1. The van der Waals surface area contributed by atoms with Gasteiger partial charge in [0.05, 0.1) is 18.9 Å². The van der Waals surface area contributed by atoms with Gasteiger partial charge in [-0.15, -0.1) is 0 Å². The Labute approximate surface area is 105 Å². The van der Waals surface area contributed by atoms with E-state index < -0.39 is 5.97 Å². The maximum absolute atomic E-state index is 11.4. The third kappa shape index (κ3) is 2.53. The van der Waals surface area contributed by atoms with Gasteiger partial charge in [-0.05, 0) is 25.0 Å². The number of aliphatic hydroxyl groups is 1. The standard InChI is InChI=1S/C12H17N3O3/c1-18-12(17)10-5-4-9(13)11(14-10)15-6-2-3-8(16)7-15/h4-5,8,16H,2-3,6-7,13H2,1H3. The Kier molecular flexibility index (Phi) is 3.66. The fourth-order valence-corrected chi connectivity index (χ4v) is 2.08. The van der Waals surface area contributed by atoms with Crippen molar-refractivity contribution in [3.63, 3.8) is 0 Å². The molecule has 1 aromatic heterocycles. The number of anilines is 2. The third-order valence-electron chi connectivity index (χ3n) is 3.00. The minimum Gasteiger partial charge on any atom is -0.464 e. The van der Waals surface area contributed by atoms with E-state index in [1.807, 2.05) is 4.90 Å². The molecule has 2 heterocycles. The van der Waals surface area contributed by atoms with Crippen molar-refractivity contribution in [2.24, 2.45) is 0 Å². The first-order valence-electron chi connectivity index (χ1n) is 5.89. The van der Waals surface area contributed by atoms with Gasteiger partial charge in [-0.25, -0.2) is 9.78 Å². The van der Waals surface area contributed by atoms with Crippen LogP contribution < -0.4 is 10.6 Å². The van der Waals surface area contributed by atoms with E-state index >= 15 is 0 Å². The monoisotopic (exact) mass is 251 g/mol. The van der Waals surface area contributed by atoms with Gasteiger partial charge in [-0.3, -0.25) is 0 Å². The minimum absolute atomic E-state index is 0.224. The molecule has 98 valence electrons. The number of hydrogen-bond acceptors (Lipinski definition) is 6. The van der Waals surface area contributed by atoms with E-state index in [1.165, 1.54) is 13.2 Å². The molecule has 0 spiro atoms. The Morgan fingerprint density at radius 1 is 1.61 bits per heavy atom. The molecule has 1 aromatic rings. The van der Waals surface area contributed by atoms with Crippen molar-refractivity contribution in [1.82, 2.24) is 4.98 Å². The molecule has 0 amide bonds. The van der Waals surface area contributed by atoms with Crippen molar-refractivity contribution in [3.05, 3.63) is 17.8 Å². The van der Waals surface area contributed by atoms with Crippen LogP contribution in [0.15, 0.2) is 12.1 Å². The van der Waals surface area contributed by atoms with Crippen LogP contribution in [0.5, 0.6) is 0 Å². The van der Waals surface area contributed by atoms with Crippen LogP contribution >= 0.6 is 0 Å². The molecule has 3 N–H and O–H groups in total. The predicted octanol–water partition coefficient (Wildman–Crippen LogP) is 0.411. The topological polar surface area (TPSA) is 88.7 Å². The number of carbonyl (C=O) groups excluding carboxylic acids is 1. The number of nitrogens with zero attached hydrogens (tertiary/aromatic N) is 2. The van der Waals surface area contributed by atoms with Crippen LogP contribution in [0.3, 0.4) is 0 Å². The molecule has 1 fully saturated rings. The second kappa shape index (κ2) is 5.22. The van der Waals surface area contributed by atoms with E-state index in [-0.39, 0.29) is 11.8 Å². The van der Waals surface area contributed by atoms with Gasteiger partial charge in [-0.2, -0.15) is 0 Å². The smallest absolute Gasteiger partial charge is 0.356 e. The molecule has 0 bridgehead atoms. The molecule has 0 radical (unpaired) electrons. The lowest BCUT2D eigenvalue weighted by Crippen LogP contribution is -2.39. The van der Waals surface area contributed by atoms with Crippen LogP contribution in [0.1, 0.15) is 23.3 Å². The summed E-state index contributed by atoms with van der Waals surface area (Å²) < 4.78 is 4.63. The zero-order valence-electron chi connectivity index (χ0n) is 10.3. The number of nitrogen functional groups attached to an aromatic ring is 1. The summed E-state index contributed by atoms with van der Waals surface area (Å²) >= 11 is 0. The average molecular weight is 251 g/mol. The van der Waals surface area contributed by atoms with Gasteiger partial charge in [0.1, 0.15) is 0 Å². The largest absolute Gasteiger partial charge is 0.464 e. The second-order valence-electron chi connectivity index (χ2n) is 4.34. The number of carbonyl (C=O) groups is 1. The van der Waals surface area contributed by atoms with Crippen molar-refractivity contribution in [2.75, 3.05) is 30.8 Å². The van der Waals surface area contributed by atoms with Gasteiger partial charge in [0.2, 0.25) is 0 Å². The lowest BCUT2D eigenvalue weighted by atomic mass is 10.1. The molecule has 2 rings (SSSR count). The summed E-state index contributed by atoms with van der Waals surface area (Å²) in [5, 5.41) is 9.65. The van der Waals surface area contributed by atoms with Gasteiger partial charge in [-0.1, -0.05) is 0 Å². The van der Waals surface area contributed by atoms with Gasteiger partial charge in [0.25, 0.3) is 0 Å². The van der Waals surface area contributed by atoms with Gasteiger partial charge in [0, 0.05) is 13.1 Å². The summed E-state index contributed by atoms with van der Waals surface area (Å²) in [5.74, 6) is 0.0467. The highest BCUT2D eigenvalue weighted by Crippen LogP contribution is 2.24. The Balaban J connectivity index is 2.28. The highest BCUT2D eigenvalue weighted by Gasteiger charge is 2.21. The predicted molar refractivity (Wildman–Crippen MR) is 67.4 cm³/mol. The molecule has 1 aliphatic rings. The SMILES string of the molecule is COC(=O)c1ccc(N)c(N2CCCC(O)C2)n1. The van der Waals surface area contributed by atoms with Gasteiger partial charge >= 0.3 is 5.97 Å². The summed E-state index contributed by atoms with van der Waals surface area (Å²) in [4.78, 5) is 17.5. The molecule has 0 saturated carbocycles. The summed E-state index contributed by atoms with van der Waals surface area (Å²) in [6.45, 7) is 1.26. The van der Waals surface area contributed by atoms with Crippen molar-refractivity contribution in [3.8, 4) is 0 Å². The van der Waals surface area contributed by atoms with Crippen LogP contribution in [0.25, 0.3) is 0 Å². The molecule has 0 aromatic carbocycles. The Morgan fingerprint density at radius 2 is 2.39 bits per heavy atom. The number of rotatable bonds is 2. The highest BCUT2D eigenvalue weighted by molar-refractivity contribution is 5.88. The molecule has 0 aliphatic carbocycles. The van der Waals surface area contributed by atoms with Crippen LogP contribution in [0, 0.1) is 0 Å². The third-order valence-corrected chi connectivity index (χ3v) is 3.00. The van der Waals surface area contributed by atoms with Gasteiger partial charge in [0.15, 0.2) is 11.5 Å². The lowest BCUT2D eigenvalue weighted by molar-refractivity contribution is 0.0594. The summed E-state index contributed by atoms with van der Waals surface area (Å²) in [6.07, 6.45) is 1.29. The molecule has 18 heavy (non-hydrogen) atoms. The van der Waals surface area contributed by atoms with Crippen LogP contribution in [-0.2, 0) is 4.74 Å². The number of ether oxygens (including phenoxy) is 1.